The predicted molar refractivity (Wildman–Crippen MR) is 69.5 cm³/mol. The van der Waals surface area contributed by atoms with Crippen LogP contribution in [0.5, 0.6) is 0 Å². The second-order valence-electron chi connectivity index (χ2n) is 4.64. The highest BCUT2D eigenvalue weighted by Gasteiger charge is 2.16. The van der Waals surface area contributed by atoms with Crippen LogP contribution in [0.25, 0.3) is 6.08 Å². The topological polar surface area (TPSA) is 59.3 Å². The molecule has 0 aliphatic heterocycles. The Kier molecular flexibility index (Phi) is 3.97. The summed E-state index contributed by atoms with van der Waals surface area (Å²) in [6.07, 6.45) is 9.79. The van der Waals surface area contributed by atoms with Crippen molar-refractivity contribution in [2.75, 3.05) is 0 Å². The number of rotatable bonds is 3. The van der Waals surface area contributed by atoms with E-state index in [1.165, 1.54) is 12.5 Å². The molecule has 1 aliphatic rings. The van der Waals surface area contributed by atoms with Crippen LogP contribution in [0.4, 0.5) is 0 Å². The number of carboxylic acids is 1. The Labute approximate surface area is 106 Å². The fourth-order valence-corrected chi connectivity index (χ4v) is 2.46. The summed E-state index contributed by atoms with van der Waals surface area (Å²) in [7, 11) is 0. The molecule has 1 aliphatic carbocycles. The highest BCUT2D eigenvalue weighted by molar-refractivity contribution is 5.85. The van der Waals surface area contributed by atoms with Gasteiger partial charge in [-0.05, 0) is 31.1 Å². The van der Waals surface area contributed by atoms with Crippen molar-refractivity contribution in [1.29, 1.82) is 0 Å². The Bertz CT molecular complexity index is 510. The zero-order chi connectivity index (χ0) is 13.0. The van der Waals surface area contributed by atoms with Crippen LogP contribution < -0.4 is 5.56 Å². The van der Waals surface area contributed by atoms with E-state index in [-0.39, 0.29) is 11.6 Å². The monoisotopic (exact) mass is 247 g/mol. The largest absolute Gasteiger partial charge is 0.478 e. The molecule has 0 atom stereocenters. The molecule has 0 aromatic carbocycles. The quantitative estimate of drug-likeness (QED) is 0.835. The van der Waals surface area contributed by atoms with E-state index >= 15 is 0 Å². The van der Waals surface area contributed by atoms with E-state index in [0.717, 1.165) is 31.8 Å². The first-order valence-corrected chi connectivity index (χ1v) is 6.30. The van der Waals surface area contributed by atoms with Crippen LogP contribution in [0.15, 0.2) is 29.2 Å². The van der Waals surface area contributed by atoms with E-state index in [9.17, 15) is 9.59 Å². The minimum absolute atomic E-state index is 0.0955. The van der Waals surface area contributed by atoms with Crippen LogP contribution >= 0.6 is 0 Å². The molecule has 96 valence electrons. The molecule has 0 radical (unpaired) electrons. The predicted octanol–water partition coefficient (Wildman–Crippen LogP) is 2.45. The van der Waals surface area contributed by atoms with Crippen molar-refractivity contribution in [2.45, 2.75) is 38.1 Å². The van der Waals surface area contributed by atoms with Crippen molar-refractivity contribution < 1.29 is 9.90 Å². The van der Waals surface area contributed by atoms with Gasteiger partial charge in [0.05, 0.1) is 0 Å². The molecular weight excluding hydrogens is 230 g/mol. The van der Waals surface area contributed by atoms with Gasteiger partial charge >= 0.3 is 5.97 Å². The first-order valence-electron chi connectivity index (χ1n) is 6.30. The number of hydrogen-bond acceptors (Lipinski definition) is 2. The standard InChI is InChI=1S/C14H17NO3/c16-13(17)9-8-11-5-4-10-15(14(11)18)12-6-2-1-3-7-12/h4-5,8-10,12H,1-3,6-7H2,(H,16,17)/b9-8+. The Hall–Kier alpha value is -1.84. The van der Waals surface area contributed by atoms with Crippen LogP contribution in [0.3, 0.4) is 0 Å². The van der Waals surface area contributed by atoms with Gasteiger partial charge in [0, 0.05) is 23.9 Å². The molecule has 2 rings (SSSR count). The summed E-state index contributed by atoms with van der Waals surface area (Å²) in [5, 5.41) is 8.59. The van der Waals surface area contributed by atoms with Crippen molar-refractivity contribution >= 4 is 12.0 Å². The lowest BCUT2D eigenvalue weighted by Gasteiger charge is -2.24. The van der Waals surface area contributed by atoms with Crippen molar-refractivity contribution in [3.63, 3.8) is 0 Å². The molecule has 0 saturated heterocycles. The number of aromatic nitrogens is 1. The van der Waals surface area contributed by atoms with Gasteiger partial charge in [0.25, 0.3) is 5.56 Å². The first-order chi connectivity index (χ1) is 8.68. The maximum atomic E-state index is 12.2. The van der Waals surface area contributed by atoms with Crippen molar-refractivity contribution in [1.82, 2.24) is 4.57 Å². The lowest BCUT2D eigenvalue weighted by molar-refractivity contribution is -0.131. The Balaban J connectivity index is 2.29. The van der Waals surface area contributed by atoms with E-state index in [1.54, 1.807) is 22.9 Å². The second kappa shape index (κ2) is 5.67. The molecule has 0 bridgehead atoms. The molecule has 1 N–H and O–H groups in total. The van der Waals surface area contributed by atoms with E-state index in [1.807, 2.05) is 0 Å². The lowest BCUT2D eigenvalue weighted by atomic mass is 9.95. The molecule has 1 heterocycles. The average molecular weight is 247 g/mol. The van der Waals surface area contributed by atoms with Gasteiger partial charge in [0.15, 0.2) is 0 Å². The molecular formula is C14H17NO3. The molecule has 0 amide bonds. The minimum Gasteiger partial charge on any atom is -0.478 e. The molecule has 0 spiro atoms. The van der Waals surface area contributed by atoms with Crippen LogP contribution in [0, 0.1) is 0 Å². The molecule has 1 aromatic heterocycles. The zero-order valence-electron chi connectivity index (χ0n) is 10.2. The average Bonchev–Trinajstić information content (AvgIpc) is 2.38. The van der Waals surface area contributed by atoms with Gasteiger partial charge in [-0.15, -0.1) is 0 Å². The molecule has 18 heavy (non-hydrogen) atoms. The molecule has 1 fully saturated rings. The van der Waals surface area contributed by atoms with E-state index < -0.39 is 5.97 Å². The van der Waals surface area contributed by atoms with Crippen LogP contribution in [0.2, 0.25) is 0 Å². The number of aliphatic carboxylic acids is 1. The molecule has 1 saturated carbocycles. The van der Waals surface area contributed by atoms with Gasteiger partial charge in [0.2, 0.25) is 0 Å². The molecule has 1 aromatic rings. The Morgan fingerprint density at radius 2 is 2.06 bits per heavy atom. The summed E-state index contributed by atoms with van der Waals surface area (Å²) < 4.78 is 1.75. The fourth-order valence-electron chi connectivity index (χ4n) is 2.46. The minimum atomic E-state index is -1.04. The Morgan fingerprint density at radius 3 is 2.72 bits per heavy atom. The number of nitrogens with zero attached hydrogens (tertiary/aromatic N) is 1. The lowest BCUT2D eigenvalue weighted by Crippen LogP contribution is -2.27. The zero-order valence-corrected chi connectivity index (χ0v) is 10.2. The molecule has 4 nitrogen and oxygen atoms in total. The summed E-state index contributed by atoms with van der Waals surface area (Å²) in [6.45, 7) is 0. The van der Waals surface area contributed by atoms with Gasteiger partial charge in [-0.3, -0.25) is 4.79 Å². The van der Waals surface area contributed by atoms with Gasteiger partial charge < -0.3 is 9.67 Å². The maximum absolute atomic E-state index is 12.2. The summed E-state index contributed by atoms with van der Waals surface area (Å²) in [5.74, 6) is -1.04. The third kappa shape index (κ3) is 2.88. The molecule has 4 heteroatoms. The third-order valence-electron chi connectivity index (χ3n) is 3.38. The van der Waals surface area contributed by atoms with E-state index in [4.69, 9.17) is 5.11 Å². The number of hydrogen-bond donors (Lipinski definition) is 1. The summed E-state index contributed by atoms with van der Waals surface area (Å²) >= 11 is 0. The Morgan fingerprint density at radius 1 is 1.33 bits per heavy atom. The van der Waals surface area contributed by atoms with Gasteiger partial charge in [-0.2, -0.15) is 0 Å². The summed E-state index contributed by atoms with van der Waals surface area (Å²) in [5.41, 5.74) is 0.340. The van der Waals surface area contributed by atoms with E-state index in [2.05, 4.69) is 0 Å². The normalized spacial score (nSPS) is 17.1. The van der Waals surface area contributed by atoms with Crippen LogP contribution in [-0.4, -0.2) is 15.6 Å². The van der Waals surface area contributed by atoms with Crippen molar-refractivity contribution in [3.05, 3.63) is 40.3 Å². The van der Waals surface area contributed by atoms with Gasteiger partial charge in [0.1, 0.15) is 0 Å². The number of pyridine rings is 1. The van der Waals surface area contributed by atoms with Crippen LogP contribution in [0.1, 0.15) is 43.7 Å². The number of carbonyl (C=O) groups is 1. The van der Waals surface area contributed by atoms with Gasteiger partial charge in [-0.25, -0.2) is 4.79 Å². The summed E-state index contributed by atoms with van der Waals surface area (Å²) in [4.78, 5) is 22.7. The fraction of sp³-hybridized carbons (Fsp3) is 0.429. The SMILES string of the molecule is O=C(O)/C=C/c1cccn(C2CCCCC2)c1=O. The highest BCUT2D eigenvalue weighted by atomic mass is 16.4. The van der Waals surface area contributed by atoms with Gasteiger partial charge in [-0.1, -0.05) is 19.3 Å². The highest BCUT2D eigenvalue weighted by Crippen LogP contribution is 2.26. The number of carboxylic acid groups (broad SMARTS) is 1. The van der Waals surface area contributed by atoms with Crippen LogP contribution in [-0.2, 0) is 4.79 Å². The first kappa shape index (κ1) is 12.6. The van der Waals surface area contributed by atoms with E-state index in [0.29, 0.717) is 5.56 Å². The molecule has 0 unspecified atom stereocenters. The third-order valence-corrected chi connectivity index (χ3v) is 3.38. The van der Waals surface area contributed by atoms with Crippen molar-refractivity contribution in [3.8, 4) is 0 Å². The smallest absolute Gasteiger partial charge is 0.328 e. The maximum Gasteiger partial charge on any atom is 0.328 e. The second-order valence-corrected chi connectivity index (χ2v) is 4.64. The summed E-state index contributed by atoms with van der Waals surface area (Å²) in [6, 6.07) is 3.72. The van der Waals surface area contributed by atoms with Crippen molar-refractivity contribution in [2.24, 2.45) is 0 Å².